The number of rotatable bonds is 5. The summed E-state index contributed by atoms with van der Waals surface area (Å²) in [5, 5.41) is 0. The zero-order valence-corrected chi connectivity index (χ0v) is 20.4. The van der Waals surface area contributed by atoms with E-state index in [9.17, 15) is 0 Å². The van der Waals surface area contributed by atoms with Crippen LogP contribution in [0.1, 0.15) is 73.1 Å². The summed E-state index contributed by atoms with van der Waals surface area (Å²) >= 11 is 0. The van der Waals surface area contributed by atoms with E-state index >= 15 is 0 Å². The van der Waals surface area contributed by atoms with Crippen molar-refractivity contribution >= 4 is 17.3 Å². The molecule has 2 aliphatic carbocycles. The predicted octanol–water partition coefficient (Wildman–Crippen LogP) is 5.80. The fourth-order valence-corrected chi connectivity index (χ4v) is 6.26. The summed E-state index contributed by atoms with van der Waals surface area (Å²) in [6, 6.07) is 0. The van der Waals surface area contributed by atoms with Gasteiger partial charge in [0.15, 0.2) is 11.6 Å². The lowest BCUT2D eigenvalue weighted by atomic mass is 9.52. The molecule has 170 valence electrons. The molecule has 1 saturated carbocycles. The summed E-state index contributed by atoms with van der Waals surface area (Å²) in [5.41, 5.74) is 11.2. The summed E-state index contributed by atoms with van der Waals surface area (Å²) in [6.07, 6.45) is 14.3. The third-order valence-corrected chi connectivity index (χ3v) is 8.70. The number of allylic oxidation sites excluding steroid dienone is 3. The van der Waals surface area contributed by atoms with Gasteiger partial charge in [-0.1, -0.05) is 51.0 Å². The molecule has 4 rings (SSSR count). The third-order valence-electron chi connectivity index (χ3n) is 8.70. The molecule has 5 nitrogen and oxygen atoms in total. The van der Waals surface area contributed by atoms with Crippen LogP contribution in [0.4, 0.5) is 17.3 Å². The lowest BCUT2D eigenvalue weighted by molar-refractivity contribution is 0.0812. The van der Waals surface area contributed by atoms with E-state index in [0.29, 0.717) is 16.6 Å². The summed E-state index contributed by atoms with van der Waals surface area (Å²) in [5.74, 6) is 3.03. The zero-order chi connectivity index (χ0) is 22.4. The number of aromatic nitrogens is 2. The highest BCUT2D eigenvalue weighted by Crippen LogP contribution is 2.58. The van der Waals surface area contributed by atoms with Crippen LogP contribution in [0.5, 0.6) is 0 Å². The van der Waals surface area contributed by atoms with Crippen molar-refractivity contribution in [3.8, 4) is 0 Å². The molecule has 1 fully saturated rings. The largest absolute Gasteiger partial charge is 0.382 e. The molecular formula is C26H41N5. The maximum absolute atomic E-state index is 6.16. The summed E-state index contributed by atoms with van der Waals surface area (Å²) in [7, 11) is 2.06. The van der Waals surface area contributed by atoms with E-state index in [1.807, 2.05) is 0 Å². The molecule has 1 aliphatic heterocycles. The van der Waals surface area contributed by atoms with Crippen molar-refractivity contribution in [3.63, 3.8) is 0 Å². The first-order valence-electron chi connectivity index (χ1n) is 12.1. The number of fused-ring (bicyclic) bond motifs is 2. The van der Waals surface area contributed by atoms with Crippen LogP contribution in [0.25, 0.3) is 0 Å². The van der Waals surface area contributed by atoms with Gasteiger partial charge in [-0.05, 0) is 68.1 Å². The molecule has 1 aromatic heterocycles. The van der Waals surface area contributed by atoms with E-state index < -0.39 is 0 Å². The lowest BCUT2D eigenvalue weighted by Crippen LogP contribution is -2.43. The lowest BCUT2D eigenvalue weighted by Gasteiger charge is -2.53. The van der Waals surface area contributed by atoms with Gasteiger partial charge in [0.1, 0.15) is 12.0 Å². The maximum Gasteiger partial charge on any atom is 0.159 e. The van der Waals surface area contributed by atoms with Crippen LogP contribution in [-0.4, -0.2) is 30.2 Å². The van der Waals surface area contributed by atoms with Gasteiger partial charge in [0.2, 0.25) is 0 Å². The molecule has 1 aromatic rings. The highest BCUT2D eigenvalue weighted by molar-refractivity contribution is 5.81. The Kier molecular flexibility index (Phi) is 5.82. The third kappa shape index (κ3) is 3.96. The molecule has 2 N–H and O–H groups in total. The Morgan fingerprint density at radius 1 is 1.26 bits per heavy atom. The van der Waals surface area contributed by atoms with Crippen molar-refractivity contribution in [3.05, 3.63) is 29.6 Å². The Morgan fingerprint density at radius 2 is 2.03 bits per heavy atom. The van der Waals surface area contributed by atoms with Gasteiger partial charge in [0, 0.05) is 13.6 Å². The Hall–Kier alpha value is -2.04. The standard InChI is InChI=1S/C26H41N5/c1-18(12-15-31-17-30(6)24-22(31)23(27)28-16-29-24)11-14-26(5)19(2)9-10-20-21(26)8-7-13-25(20,3)4/h8,12,16,19-20H,7,9-11,13-15,17H2,1-6H3,(H2,27,28,29)/b18-12+/t19-,20-,26-/m0/s1. The normalized spacial score (nSPS) is 30.1. The van der Waals surface area contributed by atoms with Crippen molar-refractivity contribution in [1.82, 2.24) is 9.97 Å². The van der Waals surface area contributed by atoms with Crippen molar-refractivity contribution in [2.75, 3.05) is 35.8 Å². The van der Waals surface area contributed by atoms with E-state index in [2.05, 4.69) is 73.6 Å². The molecule has 0 radical (unpaired) electrons. The van der Waals surface area contributed by atoms with Gasteiger partial charge in [-0.15, -0.1) is 0 Å². The summed E-state index contributed by atoms with van der Waals surface area (Å²) in [4.78, 5) is 13.0. The Bertz CT molecular complexity index is 886. The average Bonchev–Trinajstić information content (AvgIpc) is 3.05. The molecule has 3 aliphatic rings. The number of nitrogens with zero attached hydrogens (tertiary/aromatic N) is 4. The van der Waals surface area contributed by atoms with Crippen molar-refractivity contribution < 1.29 is 0 Å². The number of hydrogen-bond donors (Lipinski definition) is 1. The predicted molar refractivity (Wildman–Crippen MR) is 131 cm³/mol. The van der Waals surface area contributed by atoms with Crippen LogP contribution in [0.3, 0.4) is 0 Å². The van der Waals surface area contributed by atoms with Crippen molar-refractivity contribution in [2.24, 2.45) is 22.7 Å². The van der Waals surface area contributed by atoms with Gasteiger partial charge in [-0.25, -0.2) is 9.97 Å². The SMILES string of the molecule is C/C(=C\CN1CN(C)c2ncnc(N)c21)CC[C@]1(C)C2=CCCC(C)(C)[C@H]2CC[C@@H]1C. The van der Waals surface area contributed by atoms with Crippen molar-refractivity contribution in [2.45, 2.75) is 73.1 Å². The monoisotopic (exact) mass is 423 g/mol. The molecule has 2 heterocycles. The van der Waals surface area contributed by atoms with Crippen LogP contribution >= 0.6 is 0 Å². The van der Waals surface area contributed by atoms with Crippen LogP contribution in [0.15, 0.2) is 29.6 Å². The first-order valence-corrected chi connectivity index (χ1v) is 12.1. The Labute approximate surface area is 188 Å². The molecule has 0 unspecified atom stereocenters. The number of nitrogen functional groups attached to an aromatic ring is 1. The van der Waals surface area contributed by atoms with E-state index in [0.717, 1.165) is 43.0 Å². The van der Waals surface area contributed by atoms with Gasteiger partial charge in [0.05, 0.1) is 6.67 Å². The topological polar surface area (TPSA) is 58.3 Å². The van der Waals surface area contributed by atoms with Gasteiger partial charge in [0.25, 0.3) is 0 Å². The molecule has 0 saturated heterocycles. The molecule has 0 bridgehead atoms. The van der Waals surface area contributed by atoms with Gasteiger partial charge >= 0.3 is 0 Å². The number of nitrogens with two attached hydrogens (primary N) is 1. The van der Waals surface area contributed by atoms with Gasteiger partial charge in [-0.2, -0.15) is 0 Å². The van der Waals surface area contributed by atoms with Crippen LogP contribution in [0.2, 0.25) is 0 Å². The minimum Gasteiger partial charge on any atom is -0.382 e. The minimum atomic E-state index is 0.328. The second kappa shape index (κ2) is 8.14. The van der Waals surface area contributed by atoms with E-state index in [4.69, 9.17) is 5.73 Å². The summed E-state index contributed by atoms with van der Waals surface area (Å²) in [6.45, 7) is 14.0. The van der Waals surface area contributed by atoms with Crippen LogP contribution in [-0.2, 0) is 0 Å². The molecule has 0 aromatic carbocycles. The number of anilines is 3. The van der Waals surface area contributed by atoms with Gasteiger partial charge < -0.3 is 15.5 Å². The molecule has 0 spiro atoms. The maximum atomic E-state index is 6.16. The summed E-state index contributed by atoms with van der Waals surface area (Å²) < 4.78 is 0. The second-order valence-electron chi connectivity index (χ2n) is 11.2. The highest BCUT2D eigenvalue weighted by atomic mass is 15.4. The minimum absolute atomic E-state index is 0.328. The second-order valence-corrected chi connectivity index (χ2v) is 11.2. The van der Waals surface area contributed by atoms with E-state index in [1.165, 1.54) is 37.7 Å². The Balaban J connectivity index is 1.44. The first-order chi connectivity index (χ1) is 14.6. The zero-order valence-electron chi connectivity index (χ0n) is 20.4. The Morgan fingerprint density at radius 3 is 2.81 bits per heavy atom. The highest BCUT2D eigenvalue weighted by Gasteiger charge is 2.47. The van der Waals surface area contributed by atoms with Crippen molar-refractivity contribution in [1.29, 1.82) is 0 Å². The molecular weight excluding hydrogens is 382 g/mol. The fraction of sp³-hybridized carbons (Fsp3) is 0.692. The van der Waals surface area contributed by atoms with Crippen LogP contribution in [0, 0.1) is 22.7 Å². The average molecular weight is 424 g/mol. The molecule has 3 atom stereocenters. The van der Waals surface area contributed by atoms with E-state index in [-0.39, 0.29) is 0 Å². The molecule has 5 heteroatoms. The first kappa shape index (κ1) is 22.2. The molecule has 31 heavy (non-hydrogen) atoms. The number of hydrogen-bond acceptors (Lipinski definition) is 5. The smallest absolute Gasteiger partial charge is 0.159 e. The van der Waals surface area contributed by atoms with Crippen LogP contribution < -0.4 is 15.5 Å². The quantitative estimate of drug-likeness (QED) is 0.607. The molecule has 0 amide bonds. The van der Waals surface area contributed by atoms with E-state index in [1.54, 1.807) is 11.9 Å². The van der Waals surface area contributed by atoms with Gasteiger partial charge in [-0.3, -0.25) is 0 Å². The fourth-order valence-electron chi connectivity index (χ4n) is 6.26.